The van der Waals surface area contributed by atoms with Crippen molar-refractivity contribution < 1.29 is 18.9 Å². The third kappa shape index (κ3) is 2.28. The zero-order chi connectivity index (χ0) is 18.3. The van der Waals surface area contributed by atoms with Gasteiger partial charge in [-0.15, -0.1) is 9.47 Å². The maximum Gasteiger partial charge on any atom is 0.512 e. The number of nitrogens with zero attached hydrogens (tertiary/aromatic N) is 3. The Bertz CT molecular complexity index is 1030. The highest BCUT2D eigenvalue weighted by molar-refractivity contribution is 6.23. The number of carbonyl (C=O) groups excluding carboxylic acids is 2. The van der Waals surface area contributed by atoms with E-state index in [0.717, 1.165) is 4.90 Å². The van der Waals surface area contributed by atoms with Gasteiger partial charge in [-0.1, -0.05) is 12.1 Å². The standard InChI is InChI=1S/C19H16N4O3/c1-3-26-13-10-8-12(9-11-13)22-18(24)16-17(20-2)21-14-6-4-5-7-15(14)23(16)19(22)25/h4-11H,3H2,1-2H3/p+1. The zero-order valence-corrected chi connectivity index (χ0v) is 14.4. The van der Waals surface area contributed by atoms with Crippen LogP contribution in [0.2, 0.25) is 0 Å². The van der Waals surface area contributed by atoms with Crippen molar-refractivity contribution in [3.63, 3.8) is 0 Å². The van der Waals surface area contributed by atoms with E-state index < -0.39 is 11.9 Å². The van der Waals surface area contributed by atoms with Crippen LogP contribution in [0.4, 0.5) is 16.3 Å². The molecule has 0 fully saturated rings. The summed E-state index contributed by atoms with van der Waals surface area (Å²) in [5.74, 6) is 0.640. The van der Waals surface area contributed by atoms with Crippen molar-refractivity contribution in [1.82, 2.24) is 4.98 Å². The van der Waals surface area contributed by atoms with Crippen LogP contribution in [-0.4, -0.2) is 30.6 Å². The highest BCUT2D eigenvalue weighted by Gasteiger charge is 2.50. The molecule has 26 heavy (non-hydrogen) atoms. The van der Waals surface area contributed by atoms with Gasteiger partial charge in [0.05, 0.1) is 6.61 Å². The number of amides is 2. The molecule has 0 saturated carbocycles. The first-order chi connectivity index (χ1) is 12.7. The molecule has 1 N–H and O–H groups in total. The molecule has 1 aliphatic rings. The van der Waals surface area contributed by atoms with Gasteiger partial charge in [-0.05, 0) is 43.3 Å². The summed E-state index contributed by atoms with van der Waals surface area (Å²) < 4.78 is 6.83. The molecule has 2 amide bonds. The van der Waals surface area contributed by atoms with Crippen LogP contribution in [0, 0.1) is 0 Å². The molecule has 2 heterocycles. The number of imide groups is 1. The lowest BCUT2D eigenvalue weighted by Crippen LogP contribution is -2.47. The number of para-hydroxylation sites is 2. The van der Waals surface area contributed by atoms with Gasteiger partial charge in [-0.25, -0.2) is 9.78 Å². The van der Waals surface area contributed by atoms with Gasteiger partial charge in [0, 0.05) is 7.05 Å². The number of aromatic nitrogens is 2. The molecule has 1 aliphatic heterocycles. The van der Waals surface area contributed by atoms with E-state index in [0.29, 0.717) is 34.9 Å². The molecule has 0 bridgehead atoms. The normalized spacial score (nSPS) is 13.2. The van der Waals surface area contributed by atoms with Crippen LogP contribution in [0.25, 0.3) is 11.0 Å². The number of carbonyl (C=O) groups is 2. The monoisotopic (exact) mass is 349 g/mol. The van der Waals surface area contributed by atoms with Gasteiger partial charge < -0.3 is 10.1 Å². The summed E-state index contributed by atoms with van der Waals surface area (Å²) in [5.41, 5.74) is 1.94. The number of rotatable bonds is 4. The van der Waals surface area contributed by atoms with Crippen molar-refractivity contribution in [1.29, 1.82) is 0 Å². The Hall–Kier alpha value is -3.48. The van der Waals surface area contributed by atoms with Crippen LogP contribution >= 0.6 is 0 Å². The highest BCUT2D eigenvalue weighted by atomic mass is 16.5. The number of hydrogen-bond donors (Lipinski definition) is 1. The molecular weight excluding hydrogens is 332 g/mol. The summed E-state index contributed by atoms with van der Waals surface area (Å²) in [6.07, 6.45) is 0. The summed E-state index contributed by atoms with van der Waals surface area (Å²) in [6, 6.07) is 13.7. The van der Waals surface area contributed by atoms with E-state index in [-0.39, 0.29) is 5.69 Å². The highest BCUT2D eigenvalue weighted by Crippen LogP contribution is 2.27. The number of anilines is 2. The van der Waals surface area contributed by atoms with E-state index >= 15 is 0 Å². The van der Waals surface area contributed by atoms with Crippen molar-refractivity contribution in [2.75, 3.05) is 23.9 Å². The summed E-state index contributed by atoms with van der Waals surface area (Å²) in [7, 11) is 1.68. The van der Waals surface area contributed by atoms with Gasteiger partial charge in [0.15, 0.2) is 11.3 Å². The topological polar surface area (TPSA) is 75.4 Å². The Morgan fingerprint density at radius 2 is 1.85 bits per heavy atom. The Morgan fingerprint density at radius 1 is 1.12 bits per heavy atom. The van der Waals surface area contributed by atoms with Gasteiger partial charge in [-0.3, -0.25) is 0 Å². The lowest BCUT2D eigenvalue weighted by Gasteiger charge is -2.06. The van der Waals surface area contributed by atoms with E-state index in [2.05, 4.69) is 10.3 Å². The van der Waals surface area contributed by atoms with Crippen LogP contribution in [0.1, 0.15) is 17.4 Å². The number of fused-ring (bicyclic) bond motifs is 3. The molecule has 0 spiro atoms. The SMILES string of the molecule is CCOc1ccc(N2C(=O)c3c(NC)nc4ccccc4[n+]3C2=O)cc1. The van der Waals surface area contributed by atoms with E-state index in [1.54, 1.807) is 43.4 Å². The Balaban J connectivity index is 1.87. The third-order valence-electron chi connectivity index (χ3n) is 4.23. The summed E-state index contributed by atoms with van der Waals surface area (Å²) in [6.45, 7) is 2.44. The predicted molar refractivity (Wildman–Crippen MR) is 96.7 cm³/mol. The van der Waals surface area contributed by atoms with Gasteiger partial charge in [0.2, 0.25) is 0 Å². The molecule has 0 radical (unpaired) electrons. The molecule has 1 aromatic heterocycles. The molecule has 3 aromatic rings. The first-order valence-electron chi connectivity index (χ1n) is 8.30. The molecule has 4 rings (SSSR count). The molecule has 7 heteroatoms. The van der Waals surface area contributed by atoms with Crippen LogP contribution < -0.4 is 19.5 Å². The number of ether oxygens (including phenoxy) is 1. The minimum atomic E-state index is -0.427. The molecule has 7 nitrogen and oxygen atoms in total. The van der Waals surface area contributed by atoms with Crippen LogP contribution in [0.3, 0.4) is 0 Å². The maximum absolute atomic E-state index is 13.1. The number of nitrogens with one attached hydrogen (secondary N) is 1. The van der Waals surface area contributed by atoms with Gasteiger partial charge in [0.1, 0.15) is 17.0 Å². The fourth-order valence-corrected chi connectivity index (χ4v) is 3.10. The third-order valence-corrected chi connectivity index (χ3v) is 4.23. The molecule has 0 atom stereocenters. The van der Waals surface area contributed by atoms with Crippen molar-refractivity contribution in [3.05, 3.63) is 54.2 Å². The smallest absolute Gasteiger partial charge is 0.494 e. The Labute approximate surface area is 149 Å². The van der Waals surface area contributed by atoms with E-state index in [1.165, 1.54) is 4.57 Å². The zero-order valence-electron chi connectivity index (χ0n) is 14.4. The number of hydrogen-bond acceptors (Lipinski definition) is 5. The van der Waals surface area contributed by atoms with Gasteiger partial charge >= 0.3 is 11.9 Å². The second-order valence-electron chi connectivity index (χ2n) is 5.73. The lowest BCUT2D eigenvalue weighted by atomic mass is 10.2. The molecule has 130 valence electrons. The van der Waals surface area contributed by atoms with E-state index in [1.807, 2.05) is 19.1 Å². The van der Waals surface area contributed by atoms with Crippen molar-refractivity contribution in [3.8, 4) is 5.75 Å². The molecule has 0 saturated heterocycles. The Morgan fingerprint density at radius 3 is 2.54 bits per heavy atom. The summed E-state index contributed by atoms with van der Waals surface area (Å²) in [4.78, 5) is 31.7. The fourth-order valence-electron chi connectivity index (χ4n) is 3.10. The minimum absolute atomic E-state index is 0.227. The average Bonchev–Trinajstić information content (AvgIpc) is 2.93. The average molecular weight is 349 g/mol. The van der Waals surface area contributed by atoms with Gasteiger partial charge in [-0.2, -0.15) is 4.79 Å². The van der Waals surface area contributed by atoms with Gasteiger partial charge in [0.25, 0.3) is 5.69 Å². The second kappa shape index (κ2) is 6.11. The lowest BCUT2D eigenvalue weighted by molar-refractivity contribution is -0.537. The number of benzene rings is 2. The largest absolute Gasteiger partial charge is 0.512 e. The molecule has 0 unspecified atom stereocenters. The van der Waals surface area contributed by atoms with E-state index in [4.69, 9.17) is 4.74 Å². The first kappa shape index (κ1) is 16.0. The maximum atomic E-state index is 13.1. The molecule has 2 aromatic carbocycles. The quantitative estimate of drug-likeness (QED) is 0.733. The van der Waals surface area contributed by atoms with Crippen LogP contribution in [0.5, 0.6) is 5.75 Å². The van der Waals surface area contributed by atoms with Crippen molar-refractivity contribution in [2.24, 2.45) is 0 Å². The van der Waals surface area contributed by atoms with E-state index in [9.17, 15) is 9.59 Å². The predicted octanol–water partition coefficient (Wildman–Crippen LogP) is 2.59. The second-order valence-corrected chi connectivity index (χ2v) is 5.73. The summed E-state index contributed by atoms with van der Waals surface area (Å²) in [5, 5.41) is 2.92. The first-order valence-corrected chi connectivity index (χ1v) is 8.30. The minimum Gasteiger partial charge on any atom is -0.494 e. The van der Waals surface area contributed by atoms with Crippen molar-refractivity contribution in [2.45, 2.75) is 6.92 Å². The molecular formula is C19H17N4O3+. The summed E-state index contributed by atoms with van der Waals surface area (Å²) >= 11 is 0. The Kier molecular flexibility index (Phi) is 3.76. The fraction of sp³-hybridized carbons (Fsp3) is 0.158. The van der Waals surface area contributed by atoms with Crippen LogP contribution in [0.15, 0.2) is 48.5 Å². The van der Waals surface area contributed by atoms with Crippen molar-refractivity contribution >= 4 is 34.5 Å². The van der Waals surface area contributed by atoms with Crippen LogP contribution in [-0.2, 0) is 0 Å². The molecule has 0 aliphatic carbocycles.